The summed E-state index contributed by atoms with van der Waals surface area (Å²) in [6.07, 6.45) is 0.786. The highest BCUT2D eigenvalue weighted by Gasteiger charge is 2.21. The first-order chi connectivity index (χ1) is 8.72. The van der Waals surface area contributed by atoms with Crippen molar-refractivity contribution in [3.8, 4) is 11.4 Å². The van der Waals surface area contributed by atoms with E-state index in [1.54, 1.807) is 6.07 Å². The fraction of sp³-hybridized carbons (Fsp3) is 0.385. The molecule has 2 aromatic rings. The molecule has 5 heteroatoms. The van der Waals surface area contributed by atoms with E-state index in [1.807, 2.05) is 6.92 Å². The Morgan fingerprint density at radius 3 is 3.00 bits per heavy atom. The van der Waals surface area contributed by atoms with Crippen molar-refractivity contribution in [1.82, 2.24) is 15.5 Å². The zero-order valence-electron chi connectivity index (χ0n) is 10.1. The number of nitrogens with zero attached hydrogens (tertiary/aromatic N) is 2. The van der Waals surface area contributed by atoms with Crippen molar-refractivity contribution in [1.29, 1.82) is 0 Å². The molecule has 4 nitrogen and oxygen atoms in total. The van der Waals surface area contributed by atoms with Crippen LogP contribution in [0.3, 0.4) is 0 Å². The Morgan fingerprint density at radius 2 is 2.28 bits per heavy atom. The average Bonchev–Trinajstić information content (AvgIpc) is 2.75. The summed E-state index contributed by atoms with van der Waals surface area (Å²) >= 11 is 0. The predicted octanol–water partition coefficient (Wildman–Crippen LogP) is 1.95. The minimum absolute atomic E-state index is 0.287. The van der Waals surface area contributed by atoms with Gasteiger partial charge < -0.3 is 9.84 Å². The first-order valence-electron chi connectivity index (χ1n) is 6.02. The van der Waals surface area contributed by atoms with Gasteiger partial charge in [-0.05, 0) is 43.6 Å². The number of rotatable bonds is 3. The van der Waals surface area contributed by atoms with Crippen molar-refractivity contribution in [2.75, 3.05) is 13.1 Å². The fourth-order valence-corrected chi connectivity index (χ4v) is 2.02. The largest absolute Gasteiger partial charge is 0.339 e. The quantitative estimate of drug-likeness (QED) is 0.900. The Labute approximate surface area is 104 Å². The van der Waals surface area contributed by atoms with Crippen LogP contribution in [0.25, 0.3) is 11.4 Å². The van der Waals surface area contributed by atoms with Gasteiger partial charge in [-0.25, -0.2) is 4.39 Å². The van der Waals surface area contributed by atoms with E-state index >= 15 is 0 Å². The highest BCUT2D eigenvalue weighted by atomic mass is 19.1. The van der Waals surface area contributed by atoms with E-state index in [1.165, 1.54) is 12.1 Å². The van der Waals surface area contributed by atoms with Gasteiger partial charge in [-0.3, -0.25) is 0 Å². The second kappa shape index (κ2) is 4.49. The highest BCUT2D eigenvalue weighted by Crippen LogP contribution is 2.22. The van der Waals surface area contributed by atoms with Crippen molar-refractivity contribution in [2.24, 2.45) is 5.92 Å². The van der Waals surface area contributed by atoms with Gasteiger partial charge in [0.2, 0.25) is 11.7 Å². The van der Waals surface area contributed by atoms with Gasteiger partial charge >= 0.3 is 0 Å². The Hall–Kier alpha value is -1.75. The van der Waals surface area contributed by atoms with Gasteiger partial charge in [-0.1, -0.05) is 11.2 Å². The monoisotopic (exact) mass is 247 g/mol. The molecule has 1 N–H and O–H groups in total. The molecule has 1 aromatic carbocycles. The van der Waals surface area contributed by atoms with Crippen molar-refractivity contribution in [2.45, 2.75) is 13.3 Å². The predicted molar refractivity (Wildman–Crippen MR) is 64.5 cm³/mol. The van der Waals surface area contributed by atoms with Crippen molar-refractivity contribution < 1.29 is 8.91 Å². The van der Waals surface area contributed by atoms with Crippen LogP contribution in [-0.4, -0.2) is 23.2 Å². The molecule has 0 spiro atoms. The van der Waals surface area contributed by atoms with Gasteiger partial charge in [0.05, 0.1) is 0 Å². The van der Waals surface area contributed by atoms with Crippen LogP contribution >= 0.6 is 0 Å². The smallest absolute Gasteiger partial charge is 0.227 e. The van der Waals surface area contributed by atoms with Gasteiger partial charge in [-0.2, -0.15) is 4.98 Å². The van der Waals surface area contributed by atoms with Crippen LogP contribution in [0, 0.1) is 18.7 Å². The molecule has 1 aromatic heterocycles. The van der Waals surface area contributed by atoms with Gasteiger partial charge in [0.25, 0.3) is 0 Å². The van der Waals surface area contributed by atoms with Crippen LogP contribution in [0.15, 0.2) is 22.7 Å². The van der Waals surface area contributed by atoms with Crippen LogP contribution in [-0.2, 0) is 6.42 Å². The minimum Gasteiger partial charge on any atom is -0.339 e. The van der Waals surface area contributed by atoms with Crippen LogP contribution < -0.4 is 5.32 Å². The normalized spacial score (nSPS) is 15.7. The minimum atomic E-state index is -0.287. The molecule has 1 saturated heterocycles. The lowest BCUT2D eigenvalue weighted by Crippen LogP contribution is -2.43. The molecule has 94 valence electrons. The number of benzene rings is 1. The maximum Gasteiger partial charge on any atom is 0.227 e. The van der Waals surface area contributed by atoms with Gasteiger partial charge in [0, 0.05) is 12.0 Å². The van der Waals surface area contributed by atoms with E-state index in [9.17, 15) is 4.39 Å². The molecular formula is C13H14FN3O. The summed E-state index contributed by atoms with van der Waals surface area (Å²) in [6.45, 7) is 3.90. The molecule has 0 radical (unpaired) electrons. The Balaban J connectivity index is 1.85. The SMILES string of the molecule is Cc1ccc(F)cc1-c1noc(CC2CNC2)n1. The van der Waals surface area contributed by atoms with Crippen molar-refractivity contribution in [3.05, 3.63) is 35.5 Å². The summed E-state index contributed by atoms with van der Waals surface area (Å²) in [5, 5.41) is 7.12. The number of aryl methyl sites for hydroxylation is 1. The van der Waals surface area contributed by atoms with E-state index in [0.717, 1.165) is 25.1 Å². The summed E-state index contributed by atoms with van der Waals surface area (Å²) in [7, 11) is 0. The topological polar surface area (TPSA) is 51.0 Å². The van der Waals surface area contributed by atoms with Gasteiger partial charge in [0.1, 0.15) is 5.82 Å². The summed E-state index contributed by atoms with van der Waals surface area (Å²) < 4.78 is 18.4. The standard InChI is InChI=1S/C13H14FN3O/c1-8-2-3-10(14)5-11(8)13-16-12(18-17-13)4-9-6-15-7-9/h2-3,5,9,15H,4,6-7H2,1H3. The zero-order chi connectivity index (χ0) is 12.5. The first-order valence-corrected chi connectivity index (χ1v) is 6.02. The molecule has 0 saturated carbocycles. The number of hydrogen-bond acceptors (Lipinski definition) is 4. The maximum atomic E-state index is 13.2. The second-order valence-electron chi connectivity index (χ2n) is 4.70. The molecule has 2 heterocycles. The third kappa shape index (κ3) is 2.13. The van der Waals surface area contributed by atoms with E-state index in [-0.39, 0.29) is 5.82 Å². The summed E-state index contributed by atoms with van der Waals surface area (Å²) in [4.78, 5) is 4.33. The maximum absolute atomic E-state index is 13.2. The molecule has 18 heavy (non-hydrogen) atoms. The molecule has 3 rings (SSSR count). The third-order valence-electron chi connectivity index (χ3n) is 3.24. The molecule has 1 fully saturated rings. The van der Waals surface area contributed by atoms with Crippen LogP contribution in [0.5, 0.6) is 0 Å². The Kier molecular flexibility index (Phi) is 2.83. The van der Waals surface area contributed by atoms with E-state index in [0.29, 0.717) is 23.2 Å². The molecule has 0 aliphatic carbocycles. The van der Waals surface area contributed by atoms with Crippen molar-refractivity contribution in [3.63, 3.8) is 0 Å². The average molecular weight is 247 g/mol. The fourth-order valence-electron chi connectivity index (χ4n) is 2.02. The molecule has 1 aliphatic heterocycles. The Morgan fingerprint density at radius 1 is 1.44 bits per heavy atom. The highest BCUT2D eigenvalue weighted by molar-refractivity contribution is 5.59. The number of halogens is 1. The Bertz CT molecular complexity index is 563. The molecule has 0 bridgehead atoms. The second-order valence-corrected chi connectivity index (χ2v) is 4.70. The zero-order valence-corrected chi connectivity index (χ0v) is 10.1. The summed E-state index contributed by atoms with van der Waals surface area (Å²) in [5.74, 6) is 1.38. The molecular weight excluding hydrogens is 233 g/mol. The van der Waals surface area contributed by atoms with Crippen LogP contribution in [0.2, 0.25) is 0 Å². The lowest BCUT2D eigenvalue weighted by atomic mass is 10.00. The van der Waals surface area contributed by atoms with Crippen molar-refractivity contribution >= 4 is 0 Å². The first kappa shape index (κ1) is 11.3. The molecule has 0 unspecified atom stereocenters. The van der Waals surface area contributed by atoms with E-state index in [2.05, 4.69) is 15.5 Å². The van der Waals surface area contributed by atoms with Gasteiger partial charge in [-0.15, -0.1) is 0 Å². The number of aromatic nitrogens is 2. The molecule has 0 atom stereocenters. The number of hydrogen-bond donors (Lipinski definition) is 1. The molecule has 0 amide bonds. The van der Waals surface area contributed by atoms with E-state index < -0.39 is 0 Å². The summed E-state index contributed by atoms with van der Waals surface area (Å²) in [5.41, 5.74) is 1.63. The lowest BCUT2D eigenvalue weighted by Gasteiger charge is -2.25. The van der Waals surface area contributed by atoms with Crippen LogP contribution in [0.4, 0.5) is 4.39 Å². The lowest BCUT2D eigenvalue weighted by molar-refractivity contribution is 0.296. The third-order valence-corrected chi connectivity index (χ3v) is 3.24. The number of nitrogens with one attached hydrogen (secondary N) is 1. The van der Waals surface area contributed by atoms with Crippen LogP contribution in [0.1, 0.15) is 11.5 Å². The molecule has 1 aliphatic rings. The summed E-state index contributed by atoms with van der Waals surface area (Å²) in [6, 6.07) is 4.59. The van der Waals surface area contributed by atoms with E-state index in [4.69, 9.17) is 4.52 Å². The van der Waals surface area contributed by atoms with Gasteiger partial charge in [0.15, 0.2) is 0 Å².